The van der Waals surface area contributed by atoms with E-state index in [1.54, 1.807) is 55.6 Å². The molecule has 2 aliphatic heterocycles. The van der Waals surface area contributed by atoms with Gasteiger partial charge in [0.05, 0.1) is 13.2 Å². The van der Waals surface area contributed by atoms with Crippen LogP contribution in [-0.2, 0) is 0 Å². The first-order valence-electron chi connectivity index (χ1n) is 13.0. The Morgan fingerprint density at radius 1 is 0.795 bits per heavy atom. The van der Waals surface area contributed by atoms with Gasteiger partial charge in [-0.05, 0) is 29.3 Å². The number of rotatable bonds is 4. The Hall–Kier alpha value is -4.77. The van der Waals surface area contributed by atoms with Gasteiger partial charge in [-0.1, -0.05) is 97.1 Å². The molecule has 3 atom stereocenters. The minimum atomic E-state index is -1.49. The largest absolute Gasteiger partial charge is 0.497 e. The average Bonchev–Trinajstić information content (AvgIpc) is 3.43. The van der Waals surface area contributed by atoms with E-state index in [0.717, 1.165) is 16.8 Å². The molecule has 3 aliphatic rings. The van der Waals surface area contributed by atoms with E-state index in [-0.39, 0.29) is 17.3 Å². The molecule has 1 spiro atoms. The van der Waals surface area contributed by atoms with Gasteiger partial charge in [0.2, 0.25) is 0 Å². The third-order valence-electron chi connectivity index (χ3n) is 8.49. The number of anilines is 1. The molecule has 0 radical (unpaired) electrons. The van der Waals surface area contributed by atoms with Crippen LogP contribution in [0.1, 0.15) is 48.1 Å². The quantitative estimate of drug-likeness (QED) is 0.248. The molecule has 0 amide bonds. The van der Waals surface area contributed by atoms with Crippen molar-refractivity contribution in [3.8, 4) is 5.75 Å². The standard InChI is InChI=1S/C34H25NO4/c1-39-24-14-9-13-23(20-24)31(36)30-29(22-11-3-2-4-12-22)34(32(37)25-15-6-7-16-26(25)33(34)38)28-19-18-21-10-5-8-17-27(21)35(28)30/h2-20,28-30H,1H3/t28-,29+,30-/m1/s1. The van der Waals surface area contributed by atoms with E-state index in [2.05, 4.69) is 0 Å². The Morgan fingerprint density at radius 3 is 2.18 bits per heavy atom. The highest BCUT2D eigenvalue weighted by Gasteiger charge is 2.71. The van der Waals surface area contributed by atoms with E-state index in [4.69, 9.17) is 4.74 Å². The van der Waals surface area contributed by atoms with E-state index in [9.17, 15) is 14.4 Å². The van der Waals surface area contributed by atoms with Crippen molar-refractivity contribution in [1.82, 2.24) is 0 Å². The first kappa shape index (κ1) is 23.4. The second-order valence-corrected chi connectivity index (χ2v) is 10.3. The lowest BCUT2D eigenvalue weighted by Crippen LogP contribution is -2.48. The van der Waals surface area contributed by atoms with E-state index in [1.165, 1.54) is 0 Å². The van der Waals surface area contributed by atoms with Crippen LogP contribution in [0.5, 0.6) is 5.75 Å². The molecule has 0 aromatic heterocycles. The van der Waals surface area contributed by atoms with E-state index in [1.807, 2.05) is 71.6 Å². The molecule has 4 aromatic rings. The zero-order valence-electron chi connectivity index (χ0n) is 21.3. The number of ether oxygens (including phenoxy) is 1. The van der Waals surface area contributed by atoms with Crippen LogP contribution in [0.2, 0.25) is 0 Å². The Balaban J connectivity index is 1.54. The Bertz CT molecular complexity index is 1650. The number of carbonyl (C=O) groups excluding carboxylic acids is 3. The van der Waals surface area contributed by atoms with Crippen LogP contribution in [0.25, 0.3) is 6.08 Å². The number of carbonyl (C=O) groups is 3. The van der Waals surface area contributed by atoms with Gasteiger partial charge in [-0.3, -0.25) is 14.4 Å². The third-order valence-corrected chi connectivity index (χ3v) is 8.49. The summed E-state index contributed by atoms with van der Waals surface area (Å²) >= 11 is 0. The summed E-state index contributed by atoms with van der Waals surface area (Å²) < 4.78 is 5.43. The summed E-state index contributed by atoms with van der Waals surface area (Å²) in [4.78, 5) is 45.8. The second-order valence-electron chi connectivity index (χ2n) is 10.3. The van der Waals surface area contributed by atoms with Gasteiger partial charge in [-0.15, -0.1) is 0 Å². The molecule has 7 rings (SSSR count). The molecule has 1 saturated heterocycles. The molecule has 5 heteroatoms. The molecular formula is C34H25NO4. The maximum atomic E-state index is 14.6. The summed E-state index contributed by atoms with van der Waals surface area (Å²) in [6.45, 7) is 0. The van der Waals surface area contributed by atoms with Crippen molar-refractivity contribution in [3.63, 3.8) is 0 Å². The van der Waals surface area contributed by atoms with Gasteiger partial charge in [0.1, 0.15) is 17.2 Å². The normalized spacial score (nSPS) is 22.0. The topological polar surface area (TPSA) is 63.7 Å². The van der Waals surface area contributed by atoms with Crippen molar-refractivity contribution in [2.24, 2.45) is 5.41 Å². The van der Waals surface area contributed by atoms with Crippen LogP contribution >= 0.6 is 0 Å². The van der Waals surface area contributed by atoms with Crippen LogP contribution in [-0.4, -0.2) is 36.5 Å². The summed E-state index contributed by atoms with van der Waals surface area (Å²) in [7, 11) is 1.57. The van der Waals surface area contributed by atoms with Crippen molar-refractivity contribution in [3.05, 3.63) is 137 Å². The molecule has 0 unspecified atom stereocenters. The van der Waals surface area contributed by atoms with Gasteiger partial charge < -0.3 is 9.64 Å². The molecule has 190 valence electrons. The molecule has 39 heavy (non-hydrogen) atoms. The molecule has 4 aromatic carbocycles. The van der Waals surface area contributed by atoms with Crippen molar-refractivity contribution in [2.45, 2.75) is 18.0 Å². The highest BCUT2D eigenvalue weighted by atomic mass is 16.5. The summed E-state index contributed by atoms with van der Waals surface area (Å²) in [5.74, 6) is -0.758. The highest BCUT2D eigenvalue weighted by molar-refractivity contribution is 6.32. The number of hydrogen-bond acceptors (Lipinski definition) is 5. The number of hydrogen-bond donors (Lipinski definition) is 0. The van der Waals surface area contributed by atoms with Crippen molar-refractivity contribution < 1.29 is 19.1 Å². The summed E-state index contributed by atoms with van der Waals surface area (Å²) in [6.07, 6.45) is 3.92. The molecular weight excluding hydrogens is 486 g/mol. The average molecular weight is 512 g/mol. The van der Waals surface area contributed by atoms with Crippen LogP contribution in [0.15, 0.2) is 109 Å². The lowest BCUT2D eigenvalue weighted by atomic mass is 9.64. The van der Waals surface area contributed by atoms with Crippen LogP contribution in [0.3, 0.4) is 0 Å². The zero-order valence-corrected chi connectivity index (χ0v) is 21.3. The van der Waals surface area contributed by atoms with Gasteiger partial charge in [0.15, 0.2) is 17.3 Å². The Morgan fingerprint density at radius 2 is 1.46 bits per heavy atom. The van der Waals surface area contributed by atoms with Gasteiger partial charge in [0.25, 0.3) is 0 Å². The van der Waals surface area contributed by atoms with Crippen molar-refractivity contribution >= 4 is 29.1 Å². The molecule has 1 fully saturated rings. The zero-order chi connectivity index (χ0) is 26.7. The summed E-state index contributed by atoms with van der Waals surface area (Å²) in [6, 6.07) is 30.1. The first-order chi connectivity index (χ1) is 19.1. The summed E-state index contributed by atoms with van der Waals surface area (Å²) in [5, 5.41) is 0. The molecule has 1 aliphatic carbocycles. The minimum absolute atomic E-state index is 0.161. The smallest absolute Gasteiger partial charge is 0.186 e. The number of benzene rings is 4. The number of para-hydroxylation sites is 1. The third kappa shape index (κ3) is 3.10. The number of ketones is 3. The predicted molar refractivity (Wildman–Crippen MR) is 150 cm³/mol. The number of methoxy groups -OCH3 is 1. The molecule has 0 saturated carbocycles. The predicted octanol–water partition coefficient (Wildman–Crippen LogP) is 6.01. The highest BCUT2D eigenvalue weighted by Crippen LogP contribution is 2.60. The van der Waals surface area contributed by atoms with Crippen LogP contribution in [0, 0.1) is 5.41 Å². The van der Waals surface area contributed by atoms with Crippen LogP contribution < -0.4 is 9.64 Å². The molecule has 0 N–H and O–H groups in total. The number of fused-ring (bicyclic) bond motifs is 5. The fourth-order valence-electron chi connectivity index (χ4n) is 6.90. The lowest BCUT2D eigenvalue weighted by Gasteiger charge is -2.37. The monoisotopic (exact) mass is 511 g/mol. The maximum Gasteiger partial charge on any atom is 0.186 e. The van der Waals surface area contributed by atoms with E-state index in [0.29, 0.717) is 22.4 Å². The van der Waals surface area contributed by atoms with E-state index >= 15 is 0 Å². The van der Waals surface area contributed by atoms with Crippen LogP contribution in [0.4, 0.5) is 5.69 Å². The maximum absolute atomic E-state index is 14.6. The molecule has 0 bridgehead atoms. The molecule has 2 heterocycles. The van der Waals surface area contributed by atoms with Gasteiger partial charge in [-0.2, -0.15) is 0 Å². The Kier molecular flexibility index (Phi) is 5.17. The fourth-order valence-corrected chi connectivity index (χ4v) is 6.90. The van der Waals surface area contributed by atoms with Crippen molar-refractivity contribution in [2.75, 3.05) is 12.0 Å². The van der Waals surface area contributed by atoms with Gasteiger partial charge >= 0.3 is 0 Å². The second kappa shape index (κ2) is 8.63. The SMILES string of the molecule is COc1cccc(C(=O)[C@H]2[C@H](c3ccccc3)C3(C(=O)c4ccccc4C3=O)[C@H]3C=Cc4ccccc4N23)c1. The number of Topliss-reactive ketones (excluding diaryl/α,β-unsaturated/α-hetero) is 3. The van der Waals surface area contributed by atoms with Gasteiger partial charge in [0, 0.05) is 28.3 Å². The van der Waals surface area contributed by atoms with Gasteiger partial charge in [-0.25, -0.2) is 0 Å². The summed E-state index contributed by atoms with van der Waals surface area (Å²) in [5.41, 5.74) is 2.38. The van der Waals surface area contributed by atoms with Crippen molar-refractivity contribution in [1.29, 1.82) is 0 Å². The Labute approximate surface area is 226 Å². The number of nitrogens with zero attached hydrogens (tertiary/aromatic N) is 1. The molecule has 5 nitrogen and oxygen atoms in total. The lowest BCUT2D eigenvalue weighted by molar-refractivity contribution is 0.0666. The first-order valence-corrected chi connectivity index (χ1v) is 13.0. The van der Waals surface area contributed by atoms with E-state index < -0.39 is 23.4 Å². The fraction of sp³-hybridized carbons (Fsp3) is 0.147. The minimum Gasteiger partial charge on any atom is -0.497 e.